The summed E-state index contributed by atoms with van der Waals surface area (Å²) in [7, 11) is 1.71. The van der Waals surface area contributed by atoms with Gasteiger partial charge in [0.15, 0.2) is 0 Å². The molecule has 0 atom stereocenters. The lowest BCUT2D eigenvalue weighted by molar-refractivity contribution is 0.100. The second kappa shape index (κ2) is 12.2. The van der Waals surface area contributed by atoms with E-state index in [-0.39, 0.29) is 0 Å². The molecule has 0 spiro atoms. The van der Waals surface area contributed by atoms with Crippen molar-refractivity contribution < 1.29 is 9.47 Å². The molecular formula is C10H21ClO2. The molecule has 2 nitrogen and oxygen atoms in total. The molecule has 0 fully saturated rings. The van der Waals surface area contributed by atoms with Gasteiger partial charge in [-0.1, -0.05) is 12.8 Å². The molecule has 3 heteroatoms. The molecule has 0 rings (SSSR count). The van der Waals surface area contributed by atoms with Crippen molar-refractivity contribution in [3.63, 3.8) is 0 Å². The molecule has 0 heterocycles. The van der Waals surface area contributed by atoms with E-state index in [4.69, 9.17) is 21.1 Å². The highest BCUT2D eigenvalue weighted by atomic mass is 35.5. The Morgan fingerprint density at radius 1 is 0.846 bits per heavy atom. The monoisotopic (exact) mass is 208 g/mol. The fraction of sp³-hybridized carbons (Fsp3) is 1.00. The summed E-state index contributed by atoms with van der Waals surface area (Å²) < 4.78 is 10.3. The maximum atomic E-state index is 5.55. The van der Waals surface area contributed by atoms with E-state index in [0.29, 0.717) is 0 Å². The number of ether oxygens (including phenoxy) is 2. The topological polar surface area (TPSA) is 18.5 Å². The number of rotatable bonds is 10. The van der Waals surface area contributed by atoms with Crippen LogP contribution < -0.4 is 0 Å². The second-order valence-electron chi connectivity index (χ2n) is 3.06. The zero-order valence-electron chi connectivity index (χ0n) is 8.56. The fourth-order valence-corrected chi connectivity index (χ4v) is 1.25. The fourth-order valence-electron chi connectivity index (χ4n) is 1.06. The summed E-state index contributed by atoms with van der Waals surface area (Å²) in [6.07, 6.45) is 5.75. The minimum absolute atomic E-state index is 0.786. The molecule has 0 unspecified atom stereocenters. The number of unbranched alkanes of at least 4 members (excludes halogenated alkanes) is 3. The van der Waals surface area contributed by atoms with E-state index in [2.05, 4.69) is 0 Å². The third-order valence-corrected chi connectivity index (χ3v) is 2.08. The van der Waals surface area contributed by atoms with Gasteiger partial charge in [0.2, 0.25) is 0 Å². The third-order valence-electron chi connectivity index (χ3n) is 1.81. The third kappa shape index (κ3) is 12.2. The molecule has 0 saturated carbocycles. The van der Waals surface area contributed by atoms with Gasteiger partial charge in [0.1, 0.15) is 0 Å². The highest BCUT2D eigenvalue weighted by Gasteiger charge is 1.90. The molecule has 0 aliphatic carbocycles. The highest BCUT2D eigenvalue weighted by Crippen LogP contribution is 2.01. The van der Waals surface area contributed by atoms with Crippen LogP contribution in [0.15, 0.2) is 0 Å². The van der Waals surface area contributed by atoms with Gasteiger partial charge in [-0.3, -0.25) is 0 Å². The average molecular weight is 209 g/mol. The Morgan fingerprint density at radius 2 is 1.54 bits per heavy atom. The molecular weight excluding hydrogens is 188 g/mol. The predicted molar refractivity (Wildman–Crippen MR) is 56.5 cm³/mol. The lowest BCUT2D eigenvalue weighted by atomic mass is 10.2. The van der Waals surface area contributed by atoms with Gasteiger partial charge in [0.25, 0.3) is 0 Å². The van der Waals surface area contributed by atoms with Crippen LogP contribution in [0.5, 0.6) is 0 Å². The first-order chi connectivity index (χ1) is 6.41. The molecule has 0 amide bonds. The molecule has 0 saturated heterocycles. The van der Waals surface area contributed by atoms with Crippen molar-refractivity contribution in [1.29, 1.82) is 0 Å². The van der Waals surface area contributed by atoms with Crippen molar-refractivity contribution in [3.05, 3.63) is 0 Å². The van der Waals surface area contributed by atoms with Crippen LogP contribution >= 0.6 is 11.6 Å². The molecule has 0 aromatic carbocycles. The van der Waals surface area contributed by atoms with Crippen LogP contribution in [0.4, 0.5) is 0 Å². The highest BCUT2D eigenvalue weighted by molar-refractivity contribution is 6.17. The zero-order chi connectivity index (χ0) is 9.78. The number of hydrogen-bond donors (Lipinski definition) is 0. The van der Waals surface area contributed by atoms with Crippen molar-refractivity contribution in [3.8, 4) is 0 Å². The van der Waals surface area contributed by atoms with Crippen molar-refractivity contribution >= 4 is 11.6 Å². The van der Waals surface area contributed by atoms with E-state index in [1.165, 1.54) is 12.8 Å². The van der Waals surface area contributed by atoms with Crippen LogP contribution in [0, 0.1) is 0 Å². The molecule has 0 N–H and O–H groups in total. The summed E-state index contributed by atoms with van der Waals surface area (Å²) in [4.78, 5) is 0. The van der Waals surface area contributed by atoms with Crippen LogP contribution in [0.3, 0.4) is 0 Å². The number of halogens is 1. The number of methoxy groups -OCH3 is 1. The summed E-state index contributed by atoms with van der Waals surface area (Å²) >= 11 is 5.55. The summed E-state index contributed by atoms with van der Waals surface area (Å²) in [6, 6.07) is 0. The van der Waals surface area contributed by atoms with E-state index in [0.717, 1.165) is 45.0 Å². The van der Waals surface area contributed by atoms with Crippen LogP contribution in [-0.4, -0.2) is 32.8 Å². The van der Waals surface area contributed by atoms with Gasteiger partial charge < -0.3 is 9.47 Å². The first kappa shape index (κ1) is 13.2. The number of hydrogen-bond acceptors (Lipinski definition) is 2. The Hall–Kier alpha value is 0.210. The number of alkyl halides is 1. The molecule has 0 radical (unpaired) electrons. The van der Waals surface area contributed by atoms with E-state index < -0.39 is 0 Å². The van der Waals surface area contributed by atoms with Gasteiger partial charge in [-0.2, -0.15) is 0 Å². The first-order valence-electron chi connectivity index (χ1n) is 5.04. The molecule has 0 aliphatic rings. The van der Waals surface area contributed by atoms with Crippen LogP contribution in [-0.2, 0) is 9.47 Å². The summed E-state index contributed by atoms with van der Waals surface area (Å²) in [5.41, 5.74) is 0. The van der Waals surface area contributed by atoms with Crippen LogP contribution in [0.1, 0.15) is 32.1 Å². The Kier molecular flexibility index (Phi) is 12.4. The van der Waals surface area contributed by atoms with Gasteiger partial charge in [0, 0.05) is 32.8 Å². The smallest absolute Gasteiger partial charge is 0.0487 e. The minimum atomic E-state index is 0.786. The lowest BCUT2D eigenvalue weighted by Crippen LogP contribution is -2.00. The summed E-state index contributed by atoms with van der Waals surface area (Å²) in [5.74, 6) is 0.786. The van der Waals surface area contributed by atoms with Crippen molar-refractivity contribution in [1.82, 2.24) is 0 Å². The molecule has 0 aromatic heterocycles. The first-order valence-corrected chi connectivity index (χ1v) is 5.58. The largest absolute Gasteiger partial charge is 0.385 e. The van der Waals surface area contributed by atoms with Crippen LogP contribution in [0.2, 0.25) is 0 Å². The summed E-state index contributed by atoms with van der Waals surface area (Å²) in [5, 5.41) is 0. The Balaban J connectivity index is 2.76. The van der Waals surface area contributed by atoms with Gasteiger partial charge in [-0.15, -0.1) is 11.6 Å². The minimum Gasteiger partial charge on any atom is -0.385 e. The van der Waals surface area contributed by atoms with E-state index in [1.54, 1.807) is 7.11 Å². The maximum absolute atomic E-state index is 5.55. The summed E-state index contributed by atoms with van der Waals surface area (Å²) in [6.45, 7) is 2.50. The van der Waals surface area contributed by atoms with E-state index in [9.17, 15) is 0 Å². The molecule has 0 aliphatic heterocycles. The Labute approximate surface area is 86.6 Å². The predicted octanol–water partition coefficient (Wildman–Crippen LogP) is 2.84. The van der Waals surface area contributed by atoms with Crippen molar-refractivity contribution in [2.75, 3.05) is 32.8 Å². The van der Waals surface area contributed by atoms with E-state index >= 15 is 0 Å². The Morgan fingerprint density at radius 3 is 2.23 bits per heavy atom. The standard InChI is InChI=1S/C10H21ClO2/c1-12-8-6-10-13-9-5-3-2-4-7-11/h2-10H2,1H3. The van der Waals surface area contributed by atoms with Gasteiger partial charge in [-0.05, 0) is 19.3 Å². The zero-order valence-corrected chi connectivity index (χ0v) is 9.31. The average Bonchev–Trinajstić information content (AvgIpc) is 2.16. The van der Waals surface area contributed by atoms with Crippen molar-refractivity contribution in [2.24, 2.45) is 0 Å². The quantitative estimate of drug-likeness (QED) is 0.406. The second-order valence-corrected chi connectivity index (χ2v) is 3.44. The van der Waals surface area contributed by atoms with Gasteiger partial charge in [-0.25, -0.2) is 0 Å². The molecule has 0 aromatic rings. The normalized spacial score (nSPS) is 10.6. The molecule has 80 valence electrons. The van der Waals surface area contributed by atoms with E-state index in [1.807, 2.05) is 0 Å². The Bertz CT molecular complexity index is 79.0. The van der Waals surface area contributed by atoms with Gasteiger partial charge >= 0.3 is 0 Å². The van der Waals surface area contributed by atoms with Crippen LogP contribution in [0.25, 0.3) is 0 Å². The van der Waals surface area contributed by atoms with Gasteiger partial charge in [0.05, 0.1) is 0 Å². The lowest BCUT2D eigenvalue weighted by Gasteiger charge is -2.03. The molecule has 0 bridgehead atoms. The SMILES string of the molecule is COCCCOCCCCCCCl. The molecule has 13 heavy (non-hydrogen) atoms. The maximum Gasteiger partial charge on any atom is 0.0487 e. The van der Waals surface area contributed by atoms with Crippen molar-refractivity contribution in [2.45, 2.75) is 32.1 Å².